The van der Waals surface area contributed by atoms with E-state index in [9.17, 15) is 24.0 Å². The fraction of sp³-hybridized carbons (Fsp3) is 0.179. The third-order valence-corrected chi connectivity index (χ3v) is 5.73. The van der Waals surface area contributed by atoms with Crippen LogP contribution in [-0.2, 0) is 19.1 Å². The van der Waals surface area contributed by atoms with E-state index in [0.717, 1.165) is 4.47 Å². The van der Waals surface area contributed by atoms with Crippen molar-refractivity contribution in [3.63, 3.8) is 0 Å². The second-order valence-corrected chi connectivity index (χ2v) is 8.91. The lowest BCUT2D eigenvalue weighted by Crippen LogP contribution is -2.24. The number of halogens is 1. The van der Waals surface area contributed by atoms with Gasteiger partial charge in [0, 0.05) is 27.7 Å². The smallest absolute Gasteiger partial charge is 0.338 e. The van der Waals surface area contributed by atoms with E-state index in [1.54, 1.807) is 54.6 Å². The summed E-state index contributed by atoms with van der Waals surface area (Å²) in [6.07, 6.45) is -1.30. The van der Waals surface area contributed by atoms with Gasteiger partial charge >= 0.3 is 11.9 Å². The van der Waals surface area contributed by atoms with Crippen LogP contribution < -0.4 is 5.32 Å². The molecule has 3 rings (SSSR count). The highest BCUT2D eigenvalue weighted by Crippen LogP contribution is 2.14. The number of rotatable bonds is 11. The largest absolute Gasteiger partial charge is 0.457 e. The van der Waals surface area contributed by atoms with Gasteiger partial charge in [-0.2, -0.15) is 0 Å². The Hall–Kier alpha value is -4.11. The number of carbonyl (C=O) groups excluding carboxylic acids is 5. The van der Waals surface area contributed by atoms with Gasteiger partial charge in [0.15, 0.2) is 18.5 Å². The quantitative estimate of drug-likeness (QED) is 0.256. The zero-order chi connectivity index (χ0) is 26.8. The SMILES string of the molecule is C[C@@H](OC(=O)c1ccc(NC(=O)CCC(=O)OCC(=O)c2ccc(Br)cc2)cc1)C(=O)c1ccccc1. The van der Waals surface area contributed by atoms with E-state index in [-0.39, 0.29) is 30.0 Å². The van der Waals surface area contributed by atoms with Gasteiger partial charge in [-0.05, 0) is 43.3 Å². The Morgan fingerprint density at radius 1 is 0.784 bits per heavy atom. The Morgan fingerprint density at radius 3 is 2.05 bits per heavy atom. The number of carbonyl (C=O) groups is 5. The second-order valence-electron chi connectivity index (χ2n) is 7.99. The molecule has 0 radical (unpaired) electrons. The first-order chi connectivity index (χ1) is 17.7. The lowest BCUT2D eigenvalue weighted by atomic mass is 10.1. The minimum atomic E-state index is -0.959. The van der Waals surface area contributed by atoms with Crippen LogP contribution in [0.5, 0.6) is 0 Å². The summed E-state index contributed by atoms with van der Waals surface area (Å²) in [5.74, 6) is -2.43. The van der Waals surface area contributed by atoms with Gasteiger partial charge in [0.25, 0.3) is 0 Å². The summed E-state index contributed by atoms with van der Waals surface area (Å²) in [4.78, 5) is 60.9. The number of anilines is 1. The van der Waals surface area contributed by atoms with E-state index >= 15 is 0 Å². The van der Waals surface area contributed by atoms with Crippen molar-refractivity contribution >= 4 is 51.0 Å². The summed E-state index contributed by atoms with van der Waals surface area (Å²) >= 11 is 3.28. The van der Waals surface area contributed by atoms with Gasteiger partial charge in [-0.15, -0.1) is 0 Å². The van der Waals surface area contributed by atoms with Crippen molar-refractivity contribution in [1.82, 2.24) is 0 Å². The highest BCUT2D eigenvalue weighted by molar-refractivity contribution is 9.10. The molecule has 0 unspecified atom stereocenters. The van der Waals surface area contributed by atoms with Crippen molar-refractivity contribution in [2.24, 2.45) is 0 Å². The molecule has 190 valence electrons. The van der Waals surface area contributed by atoms with Crippen LogP contribution in [0, 0.1) is 0 Å². The van der Waals surface area contributed by atoms with Crippen molar-refractivity contribution < 1.29 is 33.4 Å². The first-order valence-corrected chi connectivity index (χ1v) is 12.2. The topological polar surface area (TPSA) is 116 Å². The molecule has 0 aromatic heterocycles. The molecule has 3 aromatic carbocycles. The maximum absolute atomic E-state index is 12.4. The number of amides is 1. The summed E-state index contributed by atoms with van der Waals surface area (Å²) in [7, 11) is 0. The highest BCUT2D eigenvalue weighted by atomic mass is 79.9. The molecule has 0 fully saturated rings. The monoisotopic (exact) mass is 565 g/mol. The Kier molecular flexibility index (Phi) is 9.85. The zero-order valence-corrected chi connectivity index (χ0v) is 21.5. The molecule has 0 saturated carbocycles. The van der Waals surface area contributed by atoms with Crippen molar-refractivity contribution in [2.75, 3.05) is 11.9 Å². The van der Waals surface area contributed by atoms with E-state index < -0.39 is 30.6 Å². The molecule has 9 heteroatoms. The van der Waals surface area contributed by atoms with E-state index in [1.807, 2.05) is 0 Å². The number of ketones is 2. The number of hydrogen-bond donors (Lipinski definition) is 1. The van der Waals surface area contributed by atoms with Gasteiger partial charge in [0.1, 0.15) is 0 Å². The third-order valence-electron chi connectivity index (χ3n) is 5.20. The summed E-state index contributed by atoms with van der Waals surface area (Å²) in [6, 6.07) is 21.1. The Labute approximate surface area is 222 Å². The molecule has 3 aromatic rings. The molecule has 0 aliphatic rings. The Morgan fingerprint density at radius 2 is 1.41 bits per heavy atom. The predicted molar refractivity (Wildman–Crippen MR) is 139 cm³/mol. The zero-order valence-electron chi connectivity index (χ0n) is 19.9. The van der Waals surface area contributed by atoms with Crippen LogP contribution in [0.3, 0.4) is 0 Å². The number of Topliss-reactive ketones (excluding diaryl/α,β-unsaturated/α-hetero) is 2. The third kappa shape index (κ3) is 8.50. The lowest BCUT2D eigenvalue weighted by molar-refractivity contribution is -0.143. The predicted octanol–water partition coefficient (Wildman–Crippen LogP) is 5.02. The van der Waals surface area contributed by atoms with E-state index in [0.29, 0.717) is 16.8 Å². The van der Waals surface area contributed by atoms with Crippen molar-refractivity contribution in [3.8, 4) is 0 Å². The summed E-state index contributed by atoms with van der Waals surface area (Å²) in [6.45, 7) is 1.10. The molecule has 37 heavy (non-hydrogen) atoms. The van der Waals surface area contributed by atoms with Crippen LogP contribution in [0.2, 0.25) is 0 Å². The van der Waals surface area contributed by atoms with Crippen LogP contribution >= 0.6 is 15.9 Å². The van der Waals surface area contributed by atoms with E-state index in [1.165, 1.54) is 31.2 Å². The minimum absolute atomic E-state index is 0.145. The molecule has 0 heterocycles. The van der Waals surface area contributed by atoms with Crippen molar-refractivity contribution in [3.05, 3.63) is 100 Å². The molecule has 0 aliphatic heterocycles. The molecular formula is C28H24BrNO7. The summed E-state index contributed by atoms with van der Waals surface area (Å²) in [5.41, 5.74) is 1.48. The molecule has 0 spiro atoms. The van der Waals surface area contributed by atoms with Crippen LogP contribution in [-0.4, -0.2) is 42.1 Å². The van der Waals surface area contributed by atoms with Gasteiger partial charge in [-0.25, -0.2) is 4.79 Å². The van der Waals surface area contributed by atoms with Crippen molar-refractivity contribution in [1.29, 1.82) is 0 Å². The van der Waals surface area contributed by atoms with Gasteiger partial charge in [0.05, 0.1) is 12.0 Å². The molecule has 0 saturated heterocycles. The molecule has 0 aliphatic carbocycles. The summed E-state index contributed by atoms with van der Waals surface area (Å²) in [5, 5.41) is 2.62. The van der Waals surface area contributed by atoms with Crippen molar-refractivity contribution in [2.45, 2.75) is 25.9 Å². The van der Waals surface area contributed by atoms with Crippen LogP contribution in [0.1, 0.15) is 50.8 Å². The molecule has 8 nitrogen and oxygen atoms in total. The van der Waals surface area contributed by atoms with Gasteiger partial charge < -0.3 is 14.8 Å². The fourth-order valence-corrected chi connectivity index (χ4v) is 3.45. The van der Waals surface area contributed by atoms with E-state index in [4.69, 9.17) is 9.47 Å². The number of nitrogens with one attached hydrogen (secondary N) is 1. The van der Waals surface area contributed by atoms with Gasteiger partial charge in [0.2, 0.25) is 11.7 Å². The van der Waals surface area contributed by atoms with Gasteiger partial charge in [-0.3, -0.25) is 19.2 Å². The molecule has 1 amide bonds. The molecule has 1 N–H and O–H groups in total. The van der Waals surface area contributed by atoms with Crippen LogP contribution in [0.25, 0.3) is 0 Å². The fourth-order valence-electron chi connectivity index (χ4n) is 3.19. The number of ether oxygens (including phenoxy) is 2. The Bertz CT molecular complexity index is 1270. The first kappa shape index (κ1) is 27.5. The molecular weight excluding hydrogens is 542 g/mol. The maximum atomic E-state index is 12.4. The molecule has 1 atom stereocenters. The first-order valence-electron chi connectivity index (χ1n) is 11.4. The van der Waals surface area contributed by atoms with E-state index in [2.05, 4.69) is 21.2 Å². The standard InChI is InChI=1S/C28H24BrNO7/c1-18(27(34)20-5-3-2-4-6-20)37-28(35)21-9-13-23(14-10-21)30-25(32)15-16-26(33)36-17-24(31)19-7-11-22(29)12-8-19/h2-14,18H,15-17H2,1H3,(H,30,32)/t18-/m1/s1. The number of benzene rings is 3. The normalized spacial score (nSPS) is 11.2. The number of esters is 2. The van der Waals surface area contributed by atoms with Crippen LogP contribution in [0.4, 0.5) is 5.69 Å². The highest BCUT2D eigenvalue weighted by Gasteiger charge is 2.20. The second kappa shape index (κ2) is 13.3. The Balaban J connectivity index is 1.41. The maximum Gasteiger partial charge on any atom is 0.338 e. The molecule has 0 bridgehead atoms. The number of hydrogen-bond acceptors (Lipinski definition) is 7. The average molecular weight is 566 g/mol. The van der Waals surface area contributed by atoms with Gasteiger partial charge in [-0.1, -0.05) is 58.4 Å². The van der Waals surface area contributed by atoms with Crippen LogP contribution in [0.15, 0.2) is 83.3 Å². The minimum Gasteiger partial charge on any atom is -0.457 e. The lowest BCUT2D eigenvalue weighted by Gasteiger charge is -2.12. The average Bonchev–Trinajstić information content (AvgIpc) is 2.91. The summed E-state index contributed by atoms with van der Waals surface area (Å²) < 4.78 is 11.0.